The van der Waals surface area contributed by atoms with Gasteiger partial charge in [0, 0.05) is 18.4 Å². The van der Waals surface area contributed by atoms with Gasteiger partial charge in [0.15, 0.2) is 0 Å². The molecule has 40 heavy (non-hydrogen) atoms. The predicted octanol–water partition coefficient (Wildman–Crippen LogP) is 4.99. The van der Waals surface area contributed by atoms with E-state index in [0.29, 0.717) is 29.8 Å². The van der Waals surface area contributed by atoms with Crippen LogP contribution in [0.5, 0.6) is 5.88 Å². The number of quaternary nitrogens is 1. The van der Waals surface area contributed by atoms with E-state index in [1.165, 1.54) is 68.7 Å². The largest absolute Gasteiger partial charge is 1.00 e. The molecule has 6 nitrogen and oxygen atoms in total. The number of carbonyl (C=O) groups is 1. The van der Waals surface area contributed by atoms with Gasteiger partial charge in [-0.3, -0.25) is 9.28 Å². The van der Waals surface area contributed by atoms with Crippen LogP contribution in [-0.2, 0) is 16.0 Å². The van der Waals surface area contributed by atoms with Crippen LogP contribution in [0.3, 0.4) is 0 Å². The van der Waals surface area contributed by atoms with Gasteiger partial charge in [-0.2, -0.15) is 4.37 Å². The van der Waals surface area contributed by atoms with Gasteiger partial charge < -0.3 is 33.5 Å². The highest BCUT2D eigenvalue weighted by Crippen LogP contribution is 2.32. The second-order valence-corrected chi connectivity index (χ2v) is 11.7. The van der Waals surface area contributed by atoms with E-state index in [2.05, 4.69) is 60.0 Å². The number of benzene rings is 1. The Bertz CT molecular complexity index is 1000. The Kier molecular flexibility index (Phi) is 17.0. The molecule has 2 atom stereocenters. The standard InChI is InChI=1S/C32H50N3O3S.HI/c1-4-6-8-10-11-12-16-22-30(36)38-29(25-27-19-14-13-15-20-27)35(3)23-18-21-28(26-35)31-32(34-39-33-31)37-24-17-9-7-5-2;/h13-15,19-21,29H,4-12,16-18,22-26H2,1-3H3;1H/q+1;/p-1. The molecule has 2 aromatic rings. The van der Waals surface area contributed by atoms with Crippen molar-refractivity contribution in [1.29, 1.82) is 0 Å². The number of nitrogens with zero attached hydrogens (tertiary/aromatic N) is 3. The highest BCUT2D eigenvalue weighted by Gasteiger charge is 2.39. The number of unbranched alkanes of at least 4 members (excludes halogenated alkanes) is 9. The Balaban J connectivity index is 0.00000560. The van der Waals surface area contributed by atoms with Gasteiger partial charge in [0.25, 0.3) is 5.88 Å². The van der Waals surface area contributed by atoms with Crippen LogP contribution in [-0.4, -0.2) is 52.2 Å². The Morgan fingerprint density at radius 3 is 2.35 bits per heavy atom. The molecule has 0 spiro atoms. The molecular weight excluding hydrogens is 633 g/mol. The first kappa shape index (κ1) is 34.7. The number of ether oxygens (including phenoxy) is 2. The van der Waals surface area contributed by atoms with Crippen molar-refractivity contribution in [2.24, 2.45) is 0 Å². The summed E-state index contributed by atoms with van der Waals surface area (Å²) in [5.41, 5.74) is 3.18. The molecule has 0 amide bonds. The Morgan fingerprint density at radius 1 is 0.950 bits per heavy atom. The maximum atomic E-state index is 13.0. The summed E-state index contributed by atoms with van der Waals surface area (Å²) in [5.74, 6) is 0.568. The summed E-state index contributed by atoms with van der Waals surface area (Å²) in [6, 6.07) is 10.4. The van der Waals surface area contributed by atoms with Crippen molar-refractivity contribution >= 4 is 23.3 Å². The van der Waals surface area contributed by atoms with Gasteiger partial charge in [0.1, 0.15) is 12.2 Å². The van der Waals surface area contributed by atoms with Crippen LogP contribution in [0, 0.1) is 0 Å². The van der Waals surface area contributed by atoms with Crippen molar-refractivity contribution in [1.82, 2.24) is 8.75 Å². The lowest BCUT2D eigenvalue weighted by atomic mass is 10.0. The minimum Gasteiger partial charge on any atom is -1.00 e. The lowest BCUT2D eigenvalue weighted by Gasteiger charge is -2.42. The quantitative estimate of drug-likeness (QED) is 0.0905. The van der Waals surface area contributed by atoms with Crippen molar-refractivity contribution in [3.05, 3.63) is 47.7 Å². The normalized spacial score (nSPS) is 17.5. The number of hydrogen-bond acceptors (Lipinski definition) is 6. The lowest BCUT2D eigenvalue weighted by molar-refractivity contribution is -0.946. The van der Waals surface area contributed by atoms with Gasteiger partial charge in [0.2, 0.25) is 6.23 Å². The number of hydrogen-bond donors (Lipinski definition) is 0. The molecule has 0 N–H and O–H groups in total. The SMILES string of the molecule is CCCCCCCCCC(=O)OC(Cc1ccccc1)[N+]1(C)CCC=C(c2nsnc2OCCCCCC)C1.[I-]. The van der Waals surface area contributed by atoms with Gasteiger partial charge in [-0.15, -0.1) is 4.37 Å². The average molecular weight is 684 g/mol. The van der Waals surface area contributed by atoms with E-state index in [4.69, 9.17) is 9.47 Å². The maximum Gasteiger partial charge on any atom is 0.310 e. The molecule has 0 bridgehead atoms. The van der Waals surface area contributed by atoms with E-state index >= 15 is 0 Å². The molecule has 2 heterocycles. The van der Waals surface area contributed by atoms with Crippen molar-refractivity contribution < 1.29 is 42.7 Å². The highest BCUT2D eigenvalue weighted by atomic mass is 127. The second kappa shape index (κ2) is 19.6. The molecule has 0 saturated carbocycles. The zero-order valence-corrected chi connectivity index (χ0v) is 27.9. The maximum absolute atomic E-state index is 13.0. The molecule has 1 aliphatic heterocycles. The molecule has 1 aromatic carbocycles. The molecule has 2 unspecified atom stereocenters. The molecule has 3 rings (SSSR count). The third-order valence-electron chi connectivity index (χ3n) is 7.76. The summed E-state index contributed by atoms with van der Waals surface area (Å²) in [6.45, 7) is 6.77. The molecule has 8 heteroatoms. The zero-order chi connectivity index (χ0) is 27.8. The van der Waals surface area contributed by atoms with Gasteiger partial charge in [0.05, 0.1) is 38.3 Å². The third-order valence-corrected chi connectivity index (χ3v) is 8.27. The van der Waals surface area contributed by atoms with Gasteiger partial charge in [-0.1, -0.05) is 108 Å². The van der Waals surface area contributed by atoms with Crippen molar-refractivity contribution in [2.45, 2.75) is 110 Å². The summed E-state index contributed by atoms with van der Waals surface area (Å²) >= 11 is 1.21. The molecule has 0 fully saturated rings. The van der Waals surface area contributed by atoms with E-state index in [1.807, 2.05) is 6.07 Å². The Morgan fingerprint density at radius 2 is 1.62 bits per heavy atom. The first-order valence-corrected chi connectivity index (χ1v) is 16.0. The minimum absolute atomic E-state index is 0. The van der Waals surface area contributed by atoms with E-state index in [0.717, 1.165) is 50.0 Å². The Hall–Kier alpha value is -1.52. The fraction of sp³-hybridized carbons (Fsp3) is 0.656. The molecular formula is C32H50IN3O3S. The lowest BCUT2D eigenvalue weighted by Crippen LogP contribution is -3.00. The summed E-state index contributed by atoms with van der Waals surface area (Å²) < 4.78 is 22.1. The highest BCUT2D eigenvalue weighted by molar-refractivity contribution is 6.99. The van der Waals surface area contributed by atoms with Crippen LogP contribution >= 0.6 is 11.7 Å². The van der Waals surface area contributed by atoms with E-state index in [-0.39, 0.29) is 36.2 Å². The first-order chi connectivity index (χ1) is 19.1. The topological polar surface area (TPSA) is 61.3 Å². The minimum atomic E-state index is -0.252. The molecule has 0 aliphatic carbocycles. The third kappa shape index (κ3) is 11.8. The van der Waals surface area contributed by atoms with Gasteiger partial charge in [-0.25, -0.2) is 0 Å². The average Bonchev–Trinajstić information content (AvgIpc) is 3.41. The van der Waals surface area contributed by atoms with E-state index in [9.17, 15) is 4.79 Å². The van der Waals surface area contributed by atoms with Crippen molar-refractivity contribution in [3.63, 3.8) is 0 Å². The fourth-order valence-electron chi connectivity index (χ4n) is 5.29. The van der Waals surface area contributed by atoms with Gasteiger partial charge >= 0.3 is 5.97 Å². The smallest absolute Gasteiger partial charge is 0.310 e. The van der Waals surface area contributed by atoms with Crippen molar-refractivity contribution in [3.8, 4) is 5.88 Å². The molecule has 0 radical (unpaired) electrons. The summed E-state index contributed by atoms with van der Waals surface area (Å²) in [5, 5.41) is 0. The molecule has 224 valence electrons. The second-order valence-electron chi connectivity index (χ2n) is 11.2. The molecule has 1 aliphatic rings. The number of likely N-dealkylation sites (N-methyl/N-ethyl adjacent to an activating group) is 1. The van der Waals surface area contributed by atoms with E-state index < -0.39 is 0 Å². The number of halogens is 1. The number of rotatable bonds is 19. The van der Waals surface area contributed by atoms with Crippen LogP contribution in [0.25, 0.3) is 5.57 Å². The summed E-state index contributed by atoms with van der Waals surface area (Å²) in [7, 11) is 2.21. The molecule has 0 saturated heterocycles. The monoisotopic (exact) mass is 683 g/mol. The molecule has 1 aromatic heterocycles. The summed E-state index contributed by atoms with van der Waals surface area (Å²) in [4.78, 5) is 13.0. The zero-order valence-electron chi connectivity index (χ0n) is 24.9. The van der Waals surface area contributed by atoms with Crippen molar-refractivity contribution in [2.75, 3.05) is 26.7 Å². The number of aromatic nitrogens is 2. The number of esters is 1. The van der Waals surface area contributed by atoms with Crippen LogP contribution in [0.2, 0.25) is 0 Å². The van der Waals surface area contributed by atoms with Crippen LogP contribution < -0.4 is 28.7 Å². The summed E-state index contributed by atoms with van der Waals surface area (Å²) in [6.07, 6.45) is 17.1. The fourth-order valence-corrected chi connectivity index (χ4v) is 5.83. The van der Waals surface area contributed by atoms with E-state index in [1.54, 1.807) is 0 Å². The van der Waals surface area contributed by atoms with Crippen LogP contribution in [0.4, 0.5) is 0 Å². The first-order valence-electron chi connectivity index (χ1n) is 15.3. The number of carbonyl (C=O) groups excluding carboxylic acids is 1. The van der Waals surface area contributed by atoms with Gasteiger partial charge in [-0.05, 0) is 18.4 Å². The van der Waals surface area contributed by atoms with Crippen LogP contribution in [0.15, 0.2) is 36.4 Å². The predicted molar refractivity (Wildman–Crippen MR) is 161 cm³/mol. The van der Waals surface area contributed by atoms with Crippen LogP contribution in [0.1, 0.15) is 109 Å². The Labute approximate surface area is 263 Å².